The van der Waals surface area contributed by atoms with Crippen molar-refractivity contribution in [2.75, 3.05) is 43.6 Å². The van der Waals surface area contributed by atoms with Crippen LogP contribution >= 0.6 is 0 Å². The standard InChI is InChI=1S/C24H29N7O3/c1-25-23(32)19-6-7-28-24(30-19)29-16-2-4-18(5-3-16)34-21-15-17(31-10-12-33-13-11-31)14-20-22(21)27-9-8-26-20/h6-9,14-16,18H,2-5,10-13H2,1H3,(H,25,32)(H,28,29,30). The number of carbonyl (C=O) groups excluding carboxylic acids is 1. The number of ether oxygens (including phenoxy) is 2. The lowest BCUT2D eigenvalue weighted by molar-refractivity contribution is 0.0958. The maximum absolute atomic E-state index is 11.8. The van der Waals surface area contributed by atoms with Crippen LogP contribution in [0.4, 0.5) is 11.6 Å². The van der Waals surface area contributed by atoms with E-state index in [4.69, 9.17) is 9.47 Å². The molecule has 10 heteroatoms. The Morgan fingerprint density at radius 3 is 2.65 bits per heavy atom. The zero-order valence-electron chi connectivity index (χ0n) is 19.2. The van der Waals surface area contributed by atoms with Gasteiger partial charge in [0, 0.05) is 56.5 Å². The highest BCUT2D eigenvalue weighted by molar-refractivity contribution is 5.92. The average Bonchev–Trinajstić information content (AvgIpc) is 2.90. The Balaban J connectivity index is 1.25. The molecule has 1 aliphatic carbocycles. The first-order valence-electron chi connectivity index (χ1n) is 11.8. The Morgan fingerprint density at radius 1 is 1.06 bits per heavy atom. The SMILES string of the molecule is CNC(=O)c1ccnc(NC2CCC(Oc3cc(N4CCOCC4)cc4nccnc34)CC2)n1. The Kier molecular flexibility index (Phi) is 6.66. The number of carbonyl (C=O) groups is 1. The van der Waals surface area contributed by atoms with Gasteiger partial charge in [-0.2, -0.15) is 0 Å². The van der Waals surface area contributed by atoms with Crippen molar-refractivity contribution in [3.8, 4) is 5.75 Å². The van der Waals surface area contributed by atoms with Crippen LogP contribution in [0.3, 0.4) is 0 Å². The number of amides is 1. The van der Waals surface area contributed by atoms with Gasteiger partial charge in [0.15, 0.2) is 0 Å². The van der Waals surface area contributed by atoms with Crippen LogP contribution in [-0.4, -0.2) is 71.3 Å². The molecule has 0 radical (unpaired) electrons. The summed E-state index contributed by atoms with van der Waals surface area (Å²) in [4.78, 5) is 31.8. The molecule has 3 aromatic rings. The molecule has 178 valence electrons. The Labute approximate surface area is 198 Å². The van der Waals surface area contributed by atoms with Gasteiger partial charge in [-0.15, -0.1) is 0 Å². The van der Waals surface area contributed by atoms with E-state index in [1.807, 2.05) is 0 Å². The topological polar surface area (TPSA) is 114 Å². The molecule has 0 bridgehead atoms. The fourth-order valence-corrected chi connectivity index (χ4v) is 4.49. The van der Waals surface area contributed by atoms with Gasteiger partial charge in [0.25, 0.3) is 5.91 Å². The summed E-state index contributed by atoms with van der Waals surface area (Å²) in [6, 6.07) is 6.00. The number of benzene rings is 1. The average molecular weight is 464 g/mol. The first kappa shape index (κ1) is 22.3. The summed E-state index contributed by atoms with van der Waals surface area (Å²) >= 11 is 0. The molecule has 2 N–H and O–H groups in total. The molecule has 10 nitrogen and oxygen atoms in total. The number of rotatable bonds is 6. The lowest BCUT2D eigenvalue weighted by atomic mass is 9.93. The van der Waals surface area contributed by atoms with Crippen molar-refractivity contribution < 1.29 is 14.3 Å². The highest BCUT2D eigenvalue weighted by Crippen LogP contribution is 2.33. The maximum atomic E-state index is 11.8. The number of anilines is 2. The van der Waals surface area contributed by atoms with E-state index in [9.17, 15) is 4.79 Å². The van der Waals surface area contributed by atoms with E-state index in [1.54, 1.807) is 31.7 Å². The molecule has 2 fully saturated rings. The van der Waals surface area contributed by atoms with E-state index in [-0.39, 0.29) is 18.1 Å². The zero-order valence-corrected chi connectivity index (χ0v) is 19.2. The van der Waals surface area contributed by atoms with Crippen LogP contribution in [0.1, 0.15) is 36.2 Å². The lowest BCUT2D eigenvalue weighted by Crippen LogP contribution is -2.36. The Morgan fingerprint density at radius 2 is 1.85 bits per heavy atom. The van der Waals surface area contributed by atoms with Gasteiger partial charge in [0.2, 0.25) is 5.95 Å². The Bertz CT molecular complexity index is 1140. The second-order valence-electron chi connectivity index (χ2n) is 8.55. The van der Waals surface area contributed by atoms with Crippen molar-refractivity contribution in [2.45, 2.75) is 37.8 Å². The fraction of sp³-hybridized carbons (Fsp3) is 0.458. The largest absolute Gasteiger partial charge is 0.488 e. The molecule has 1 saturated carbocycles. The van der Waals surface area contributed by atoms with Crippen LogP contribution in [-0.2, 0) is 4.74 Å². The van der Waals surface area contributed by atoms with E-state index in [0.717, 1.165) is 74.5 Å². The number of hydrogen-bond donors (Lipinski definition) is 2. The van der Waals surface area contributed by atoms with Crippen molar-refractivity contribution in [3.63, 3.8) is 0 Å². The maximum Gasteiger partial charge on any atom is 0.269 e. The van der Waals surface area contributed by atoms with E-state index in [0.29, 0.717) is 11.6 Å². The van der Waals surface area contributed by atoms with E-state index in [2.05, 4.69) is 47.6 Å². The summed E-state index contributed by atoms with van der Waals surface area (Å²) in [7, 11) is 1.59. The number of hydrogen-bond acceptors (Lipinski definition) is 9. The minimum absolute atomic E-state index is 0.0984. The third kappa shape index (κ3) is 5.01. The monoisotopic (exact) mass is 463 g/mol. The third-order valence-corrected chi connectivity index (χ3v) is 6.32. The molecule has 0 atom stereocenters. The highest BCUT2D eigenvalue weighted by Gasteiger charge is 2.25. The van der Waals surface area contributed by atoms with E-state index in [1.165, 1.54) is 0 Å². The van der Waals surface area contributed by atoms with Gasteiger partial charge >= 0.3 is 0 Å². The van der Waals surface area contributed by atoms with Crippen molar-refractivity contribution in [3.05, 3.63) is 42.5 Å². The van der Waals surface area contributed by atoms with Gasteiger partial charge in [-0.25, -0.2) is 15.0 Å². The van der Waals surface area contributed by atoms with Crippen LogP contribution in [0.25, 0.3) is 11.0 Å². The fourth-order valence-electron chi connectivity index (χ4n) is 4.49. The molecule has 1 amide bonds. The number of fused-ring (bicyclic) bond motifs is 1. The second kappa shape index (κ2) is 10.2. The van der Waals surface area contributed by atoms with Gasteiger partial charge in [0.1, 0.15) is 17.0 Å². The number of aromatic nitrogens is 4. The van der Waals surface area contributed by atoms with Gasteiger partial charge in [-0.05, 0) is 37.8 Å². The molecule has 2 aromatic heterocycles. The van der Waals surface area contributed by atoms with Crippen molar-refractivity contribution in [1.82, 2.24) is 25.3 Å². The van der Waals surface area contributed by atoms with Crippen LogP contribution in [0.15, 0.2) is 36.8 Å². The summed E-state index contributed by atoms with van der Waals surface area (Å²) in [6.07, 6.45) is 8.76. The van der Waals surface area contributed by atoms with Crippen molar-refractivity contribution in [1.29, 1.82) is 0 Å². The second-order valence-corrected chi connectivity index (χ2v) is 8.55. The molecular formula is C24H29N7O3. The molecule has 2 aliphatic rings. The summed E-state index contributed by atoms with van der Waals surface area (Å²) in [5.41, 5.74) is 3.07. The van der Waals surface area contributed by atoms with Gasteiger partial charge < -0.3 is 25.0 Å². The summed E-state index contributed by atoms with van der Waals surface area (Å²) < 4.78 is 12.0. The molecule has 1 saturated heterocycles. The normalized spacial score (nSPS) is 20.7. The predicted molar refractivity (Wildman–Crippen MR) is 128 cm³/mol. The molecule has 1 aromatic carbocycles. The molecule has 1 aliphatic heterocycles. The molecule has 0 unspecified atom stereocenters. The third-order valence-electron chi connectivity index (χ3n) is 6.32. The molecule has 34 heavy (non-hydrogen) atoms. The van der Waals surface area contributed by atoms with Gasteiger partial charge in [0.05, 0.1) is 24.8 Å². The predicted octanol–water partition coefficient (Wildman–Crippen LogP) is 2.42. The van der Waals surface area contributed by atoms with Crippen LogP contribution in [0, 0.1) is 0 Å². The molecule has 5 rings (SSSR count). The van der Waals surface area contributed by atoms with Crippen molar-refractivity contribution >= 4 is 28.6 Å². The summed E-state index contributed by atoms with van der Waals surface area (Å²) in [5, 5.41) is 5.95. The number of nitrogens with one attached hydrogen (secondary N) is 2. The Hall–Kier alpha value is -3.53. The first-order valence-corrected chi connectivity index (χ1v) is 11.8. The van der Waals surface area contributed by atoms with Crippen molar-refractivity contribution in [2.24, 2.45) is 0 Å². The quantitative estimate of drug-likeness (QED) is 0.569. The summed E-state index contributed by atoms with van der Waals surface area (Å²) in [5.74, 6) is 1.03. The zero-order chi connectivity index (χ0) is 23.3. The van der Waals surface area contributed by atoms with E-state index >= 15 is 0 Å². The molecule has 3 heterocycles. The minimum atomic E-state index is -0.225. The molecular weight excluding hydrogens is 434 g/mol. The number of nitrogens with zero attached hydrogens (tertiary/aromatic N) is 5. The van der Waals surface area contributed by atoms with Crippen LogP contribution in [0.5, 0.6) is 5.75 Å². The highest BCUT2D eigenvalue weighted by atomic mass is 16.5. The number of morpholine rings is 1. The lowest BCUT2D eigenvalue weighted by Gasteiger charge is -2.31. The van der Waals surface area contributed by atoms with Gasteiger partial charge in [-0.3, -0.25) is 9.78 Å². The first-order chi connectivity index (χ1) is 16.7. The van der Waals surface area contributed by atoms with Crippen LogP contribution < -0.4 is 20.3 Å². The molecule has 0 spiro atoms. The minimum Gasteiger partial charge on any atom is -0.488 e. The van der Waals surface area contributed by atoms with Gasteiger partial charge in [-0.1, -0.05) is 0 Å². The summed E-state index contributed by atoms with van der Waals surface area (Å²) in [6.45, 7) is 3.15. The van der Waals surface area contributed by atoms with E-state index < -0.39 is 0 Å². The van der Waals surface area contributed by atoms with Crippen LogP contribution in [0.2, 0.25) is 0 Å². The smallest absolute Gasteiger partial charge is 0.269 e.